The van der Waals surface area contributed by atoms with Crippen molar-refractivity contribution in [2.45, 2.75) is 63.6 Å². The topological polar surface area (TPSA) is 115 Å². The van der Waals surface area contributed by atoms with Gasteiger partial charge in [-0.3, -0.25) is 0 Å². The lowest BCUT2D eigenvalue weighted by molar-refractivity contribution is -0.168. The van der Waals surface area contributed by atoms with E-state index < -0.39 is 42.2 Å². The zero-order valence-corrected chi connectivity index (χ0v) is 21.0. The Bertz CT molecular complexity index is 1390. The van der Waals surface area contributed by atoms with Crippen molar-refractivity contribution in [3.63, 3.8) is 0 Å². The SMILES string of the molecule is Cc1nc(NCC(F)(F)F)nc(NC23CCC(CO)C2OC(C)(C)O3)c1-c1cc2cc(C(F)(F)F)ncc2o1. The highest BCUT2D eigenvalue weighted by molar-refractivity contribution is 5.86. The van der Waals surface area contributed by atoms with Crippen molar-refractivity contribution in [2.75, 3.05) is 23.8 Å². The van der Waals surface area contributed by atoms with Gasteiger partial charge in [0.15, 0.2) is 17.1 Å². The monoisotopic (exact) mass is 561 g/mol. The van der Waals surface area contributed by atoms with E-state index >= 15 is 0 Å². The summed E-state index contributed by atoms with van der Waals surface area (Å²) in [7, 11) is 0. The van der Waals surface area contributed by atoms with Crippen molar-refractivity contribution in [2.24, 2.45) is 5.92 Å². The van der Waals surface area contributed by atoms with Crippen LogP contribution in [-0.4, -0.2) is 57.0 Å². The van der Waals surface area contributed by atoms with Crippen LogP contribution in [0.15, 0.2) is 22.7 Å². The third kappa shape index (κ3) is 5.34. The third-order valence-electron chi connectivity index (χ3n) is 6.66. The molecule has 15 heteroatoms. The van der Waals surface area contributed by atoms with Crippen molar-refractivity contribution in [1.29, 1.82) is 0 Å². The molecule has 1 aliphatic heterocycles. The Kier molecular flexibility index (Phi) is 6.46. The molecule has 3 aromatic rings. The number of hydrogen-bond donors (Lipinski definition) is 3. The number of hydrogen-bond acceptors (Lipinski definition) is 9. The third-order valence-corrected chi connectivity index (χ3v) is 6.66. The molecule has 0 radical (unpaired) electrons. The van der Waals surface area contributed by atoms with Gasteiger partial charge in [0.1, 0.15) is 29.9 Å². The van der Waals surface area contributed by atoms with Crippen LogP contribution in [0.3, 0.4) is 0 Å². The fraction of sp³-hybridized carbons (Fsp3) is 0.542. The van der Waals surface area contributed by atoms with E-state index in [2.05, 4.69) is 25.6 Å². The molecule has 3 N–H and O–H groups in total. The lowest BCUT2D eigenvalue weighted by atomic mass is 10.0. The van der Waals surface area contributed by atoms with Gasteiger partial charge in [0.25, 0.3) is 0 Å². The molecule has 0 amide bonds. The Hall–Kier alpha value is -3.17. The largest absolute Gasteiger partial charge is 0.454 e. The van der Waals surface area contributed by atoms with Crippen LogP contribution in [0.5, 0.6) is 0 Å². The predicted molar refractivity (Wildman–Crippen MR) is 126 cm³/mol. The number of anilines is 2. The molecule has 0 spiro atoms. The minimum atomic E-state index is -4.67. The summed E-state index contributed by atoms with van der Waals surface area (Å²) in [4.78, 5) is 11.8. The molecule has 2 aliphatic rings. The number of alkyl halides is 6. The van der Waals surface area contributed by atoms with Gasteiger partial charge in [-0.2, -0.15) is 31.3 Å². The minimum Gasteiger partial charge on any atom is -0.454 e. The number of fused-ring (bicyclic) bond motifs is 2. The number of furan rings is 1. The van der Waals surface area contributed by atoms with Gasteiger partial charge in [-0.25, -0.2) is 9.97 Å². The van der Waals surface area contributed by atoms with Crippen molar-refractivity contribution in [1.82, 2.24) is 15.0 Å². The average Bonchev–Trinajstić information content (AvgIpc) is 3.44. The molecule has 9 nitrogen and oxygen atoms in total. The molecule has 3 unspecified atom stereocenters. The van der Waals surface area contributed by atoms with Crippen LogP contribution in [0, 0.1) is 12.8 Å². The van der Waals surface area contributed by atoms with E-state index in [0.717, 1.165) is 12.3 Å². The Morgan fingerprint density at radius 2 is 1.87 bits per heavy atom. The molecule has 4 heterocycles. The number of aromatic nitrogens is 3. The van der Waals surface area contributed by atoms with Crippen LogP contribution in [0.2, 0.25) is 0 Å². The van der Waals surface area contributed by atoms with Gasteiger partial charge in [0.05, 0.1) is 17.5 Å². The van der Waals surface area contributed by atoms with Crippen molar-refractivity contribution < 1.29 is 45.3 Å². The van der Waals surface area contributed by atoms with E-state index in [-0.39, 0.29) is 52.3 Å². The maximum Gasteiger partial charge on any atom is 0.433 e. The second kappa shape index (κ2) is 9.20. The molecule has 1 saturated carbocycles. The Labute approximate surface area is 217 Å². The van der Waals surface area contributed by atoms with E-state index in [1.165, 1.54) is 13.0 Å². The smallest absolute Gasteiger partial charge is 0.433 e. The van der Waals surface area contributed by atoms with Crippen LogP contribution in [-0.2, 0) is 15.7 Å². The molecule has 0 bridgehead atoms. The number of aliphatic hydroxyl groups is 1. The zero-order valence-electron chi connectivity index (χ0n) is 21.0. The maximum absolute atomic E-state index is 13.2. The predicted octanol–water partition coefficient (Wildman–Crippen LogP) is 5.25. The summed E-state index contributed by atoms with van der Waals surface area (Å²) >= 11 is 0. The van der Waals surface area contributed by atoms with Crippen LogP contribution in [0.4, 0.5) is 38.1 Å². The van der Waals surface area contributed by atoms with E-state index in [1.54, 1.807) is 13.8 Å². The minimum absolute atomic E-state index is 0.0140. The Morgan fingerprint density at radius 3 is 2.54 bits per heavy atom. The first kappa shape index (κ1) is 27.4. The number of nitrogens with zero attached hydrogens (tertiary/aromatic N) is 3. The Morgan fingerprint density at radius 1 is 1.13 bits per heavy atom. The molecule has 39 heavy (non-hydrogen) atoms. The normalized spacial score (nSPS) is 24.8. The van der Waals surface area contributed by atoms with E-state index in [1.807, 2.05) is 0 Å². The molecule has 1 saturated heterocycles. The summed E-state index contributed by atoms with van der Waals surface area (Å²) in [6.07, 6.45) is -7.99. The van der Waals surface area contributed by atoms with Gasteiger partial charge in [0, 0.05) is 17.9 Å². The quantitative estimate of drug-likeness (QED) is 0.347. The molecular formula is C24H25F6N5O4. The van der Waals surface area contributed by atoms with Gasteiger partial charge < -0.3 is 29.6 Å². The first-order valence-electron chi connectivity index (χ1n) is 12.0. The number of pyridine rings is 1. The Balaban J connectivity index is 1.61. The van der Waals surface area contributed by atoms with Crippen molar-refractivity contribution in [3.05, 3.63) is 29.7 Å². The van der Waals surface area contributed by atoms with Crippen LogP contribution >= 0.6 is 0 Å². The van der Waals surface area contributed by atoms with E-state index in [4.69, 9.17) is 13.9 Å². The van der Waals surface area contributed by atoms with Gasteiger partial charge in [-0.15, -0.1) is 0 Å². The molecule has 3 atom stereocenters. The second-order valence-corrected chi connectivity index (χ2v) is 10.1. The molecule has 2 fully saturated rings. The van der Waals surface area contributed by atoms with Crippen LogP contribution in [0.1, 0.15) is 38.1 Å². The molecular weight excluding hydrogens is 536 g/mol. The zero-order chi connectivity index (χ0) is 28.4. The summed E-state index contributed by atoms with van der Waals surface area (Å²) in [6.45, 7) is 3.31. The van der Waals surface area contributed by atoms with Crippen molar-refractivity contribution in [3.8, 4) is 11.3 Å². The molecule has 3 aromatic heterocycles. The van der Waals surface area contributed by atoms with Crippen molar-refractivity contribution >= 4 is 22.7 Å². The van der Waals surface area contributed by atoms with Crippen LogP contribution < -0.4 is 10.6 Å². The average molecular weight is 561 g/mol. The van der Waals surface area contributed by atoms with Gasteiger partial charge >= 0.3 is 12.4 Å². The first-order chi connectivity index (χ1) is 18.1. The second-order valence-electron chi connectivity index (χ2n) is 10.1. The molecule has 5 rings (SSSR count). The lowest BCUT2D eigenvalue weighted by Gasteiger charge is -2.31. The summed E-state index contributed by atoms with van der Waals surface area (Å²) in [5.41, 5.74) is -1.87. The molecule has 212 valence electrons. The first-order valence-corrected chi connectivity index (χ1v) is 12.0. The molecule has 1 aliphatic carbocycles. The summed E-state index contributed by atoms with van der Waals surface area (Å²) in [5.74, 6) is -1.59. The fourth-order valence-corrected chi connectivity index (χ4v) is 5.13. The van der Waals surface area contributed by atoms with Gasteiger partial charge in [-0.05, 0) is 45.7 Å². The molecule has 0 aromatic carbocycles. The lowest BCUT2D eigenvalue weighted by Crippen LogP contribution is -2.46. The van der Waals surface area contributed by atoms with Gasteiger partial charge in [0.2, 0.25) is 5.95 Å². The number of aryl methyl sites for hydroxylation is 1. The summed E-state index contributed by atoms with van der Waals surface area (Å²) < 4.78 is 96.3. The maximum atomic E-state index is 13.2. The highest BCUT2D eigenvalue weighted by Gasteiger charge is 2.60. The number of aliphatic hydroxyl groups excluding tert-OH is 1. The number of halogens is 6. The highest BCUT2D eigenvalue weighted by Crippen LogP contribution is 2.50. The highest BCUT2D eigenvalue weighted by atomic mass is 19.4. The number of ether oxygens (including phenoxy) is 2. The fourth-order valence-electron chi connectivity index (χ4n) is 5.13. The van der Waals surface area contributed by atoms with E-state index in [0.29, 0.717) is 12.8 Å². The number of nitrogens with one attached hydrogen (secondary N) is 2. The van der Waals surface area contributed by atoms with Crippen LogP contribution in [0.25, 0.3) is 22.3 Å². The summed E-state index contributed by atoms with van der Waals surface area (Å²) in [5, 5.41) is 15.3. The van der Waals surface area contributed by atoms with E-state index in [9.17, 15) is 31.4 Å². The standard InChI is InChI=1S/C24H25F6N5O4/c1-11-17(14-6-13-7-16(24(28,29)30)31-8-15(13)37-14)19(34-20(33-11)32-10-23(25,26)27)35-22-5-4-12(9-36)18(22)38-21(2,3)39-22/h6-8,12,18,36H,4-5,9-10H2,1-3H3,(H2,32,33,34,35). The summed E-state index contributed by atoms with van der Waals surface area (Å²) in [6, 6.07) is 2.18. The van der Waals surface area contributed by atoms with Gasteiger partial charge in [-0.1, -0.05) is 0 Å². The number of rotatable bonds is 6.